The lowest BCUT2D eigenvalue weighted by Crippen LogP contribution is -2.41. The van der Waals surface area contributed by atoms with E-state index in [0.29, 0.717) is 6.54 Å². The SMILES string of the molecule is CC(CNC(=O)C1C2C=CC(C2)C1C(=O)O)c1nccs1. The number of nitrogens with one attached hydrogen (secondary N) is 1. The van der Waals surface area contributed by atoms with Gasteiger partial charge in [-0.15, -0.1) is 11.3 Å². The molecule has 0 radical (unpaired) electrons. The monoisotopic (exact) mass is 306 g/mol. The Kier molecular flexibility index (Phi) is 3.80. The first-order chi connectivity index (χ1) is 10.1. The molecule has 2 aliphatic rings. The molecule has 1 heterocycles. The summed E-state index contributed by atoms with van der Waals surface area (Å²) >= 11 is 1.56. The molecule has 0 saturated heterocycles. The highest BCUT2D eigenvalue weighted by atomic mass is 32.1. The quantitative estimate of drug-likeness (QED) is 0.814. The molecule has 0 spiro atoms. The molecule has 6 heteroatoms. The van der Waals surface area contributed by atoms with E-state index in [1.54, 1.807) is 17.5 Å². The van der Waals surface area contributed by atoms with Crippen LogP contribution in [0.15, 0.2) is 23.7 Å². The minimum absolute atomic E-state index is 0.0136. The number of aromatic nitrogens is 1. The number of hydrogen-bond acceptors (Lipinski definition) is 4. The van der Waals surface area contributed by atoms with Crippen LogP contribution in [0.5, 0.6) is 0 Å². The largest absolute Gasteiger partial charge is 0.481 e. The van der Waals surface area contributed by atoms with Gasteiger partial charge in [0.1, 0.15) is 0 Å². The molecule has 0 aromatic carbocycles. The lowest BCUT2D eigenvalue weighted by molar-refractivity contribution is -0.147. The van der Waals surface area contributed by atoms with Crippen LogP contribution in [-0.4, -0.2) is 28.5 Å². The summed E-state index contributed by atoms with van der Waals surface area (Å²) in [6, 6.07) is 0. The number of carboxylic acid groups (broad SMARTS) is 1. The smallest absolute Gasteiger partial charge is 0.307 e. The van der Waals surface area contributed by atoms with E-state index in [1.165, 1.54) is 0 Å². The van der Waals surface area contributed by atoms with E-state index in [4.69, 9.17) is 0 Å². The number of thiazole rings is 1. The summed E-state index contributed by atoms with van der Waals surface area (Å²) in [5, 5.41) is 15.2. The third-order valence-corrected chi connectivity index (χ3v) is 5.51. The zero-order valence-corrected chi connectivity index (χ0v) is 12.5. The van der Waals surface area contributed by atoms with Crippen LogP contribution in [0.3, 0.4) is 0 Å². The average Bonchev–Trinajstić information content (AvgIpc) is 3.17. The van der Waals surface area contributed by atoms with Crippen molar-refractivity contribution in [2.45, 2.75) is 19.3 Å². The molecule has 1 aromatic rings. The number of amides is 1. The molecule has 21 heavy (non-hydrogen) atoms. The lowest BCUT2D eigenvalue weighted by Gasteiger charge is -2.24. The fraction of sp³-hybridized carbons (Fsp3) is 0.533. The summed E-state index contributed by atoms with van der Waals surface area (Å²) in [7, 11) is 0. The topological polar surface area (TPSA) is 79.3 Å². The van der Waals surface area contributed by atoms with Gasteiger partial charge in [-0.1, -0.05) is 19.1 Å². The van der Waals surface area contributed by atoms with E-state index in [-0.39, 0.29) is 23.7 Å². The molecule has 1 fully saturated rings. The van der Waals surface area contributed by atoms with Crippen LogP contribution in [0.25, 0.3) is 0 Å². The second-order valence-electron chi connectivity index (χ2n) is 5.85. The third-order valence-electron chi connectivity index (χ3n) is 4.50. The normalized spacial score (nSPS) is 31.3. The minimum atomic E-state index is -0.861. The highest BCUT2D eigenvalue weighted by Gasteiger charge is 2.51. The highest BCUT2D eigenvalue weighted by molar-refractivity contribution is 7.09. The molecular formula is C15H18N2O3S. The first kappa shape index (κ1) is 14.3. The second kappa shape index (κ2) is 5.60. The molecule has 2 N–H and O–H groups in total. The maximum atomic E-state index is 12.4. The number of nitrogens with zero attached hydrogens (tertiary/aromatic N) is 1. The molecular weight excluding hydrogens is 288 g/mol. The summed E-state index contributed by atoms with van der Waals surface area (Å²) < 4.78 is 0. The van der Waals surface area contributed by atoms with Gasteiger partial charge in [-0.2, -0.15) is 0 Å². The predicted octanol–water partition coefficient (Wildman–Crippen LogP) is 1.89. The number of fused-ring (bicyclic) bond motifs is 2. The van der Waals surface area contributed by atoms with E-state index in [9.17, 15) is 14.7 Å². The summed E-state index contributed by atoms with van der Waals surface area (Å²) in [6.45, 7) is 2.50. The minimum Gasteiger partial charge on any atom is -0.481 e. The Labute approximate surface area is 127 Å². The highest BCUT2D eigenvalue weighted by Crippen LogP contribution is 2.48. The van der Waals surface area contributed by atoms with Gasteiger partial charge in [-0.25, -0.2) is 4.98 Å². The molecule has 5 unspecified atom stereocenters. The van der Waals surface area contributed by atoms with E-state index in [2.05, 4.69) is 10.3 Å². The zero-order valence-electron chi connectivity index (χ0n) is 11.7. The number of hydrogen-bond donors (Lipinski definition) is 2. The molecule has 2 aliphatic carbocycles. The zero-order chi connectivity index (χ0) is 15.0. The van der Waals surface area contributed by atoms with Crippen molar-refractivity contribution in [2.24, 2.45) is 23.7 Å². The van der Waals surface area contributed by atoms with Gasteiger partial charge in [0.25, 0.3) is 0 Å². The fourth-order valence-electron chi connectivity index (χ4n) is 3.45. The fourth-order valence-corrected chi connectivity index (χ4v) is 4.15. The Morgan fingerprint density at radius 3 is 2.76 bits per heavy atom. The standard InChI is InChI=1S/C15H18N2O3S/c1-8(14-16-4-5-21-14)7-17-13(18)11-9-2-3-10(6-9)12(11)15(19)20/h2-5,8-12H,6-7H2,1H3,(H,17,18)(H,19,20). The van der Waals surface area contributed by atoms with Gasteiger partial charge in [0, 0.05) is 24.0 Å². The third kappa shape index (κ3) is 2.60. The number of rotatable bonds is 5. The van der Waals surface area contributed by atoms with Gasteiger partial charge in [-0.05, 0) is 18.3 Å². The van der Waals surface area contributed by atoms with Crippen LogP contribution in [0.1, 0.15) is 24.3 Å². The summed E-state index contributed by atoms with van der Waals surface area (Å²) in [6.07, 6.45) is 6.49. The van der Waals surface area contributed by atoms with E-state index < -0.39 is 17.8 Å². The van der Waals surface area contributed by atoms with Gasteiger partial charge in [0.05, 0.1) is 16.8 Å². The van der Waals surface area contributed by atoms with Gasteiger partial charge in [0.2, 0.25) is 5.91 Å². The molecule has 1 aromatic heterocycles. The van der Waals surface area contributed by atoms with E-state index >= 15 is 0 Å². The second-order valence-corrected chi connectivity index (χ2v) is 6.78. The molecule has 0 aliphatic heterocycles. The molecule has 112 valence electrons. The Morgan fingerprint density at radius 2 is 2.14 bits per heavy atom. The number of aliphatic carboxylic acids is 1. The van der Waals surface area contributed by atoms with Crippen molar-refractivity contribution in [2.75, 3.05) is 6.54 Å². The molecule has 2 bridgehead atoms. The van der Waals surface area contributed by atoms with Crippen LogP contribution >= 0.6 is 11.3 Å². The Morgan fingerprint density at radius 1 is 1.43 bits per heavy atom. The first-order valence-corrected chi connectivity index (χ1v) is 8.04. The Bertz CT molecular complexity index is 569. The van der Waals surface area contributed by atoms with E-state index in [1.807, 2.05) is 24.5 Å². The van der Waals surface area contributed by atoms with E-state index in [0.717, 1.165) is 11.4 Å². The number of allylic oxidation sites excluding steroid dienone is 2. The van der Waals surface area contributed by atoms with Gasteiger partial charge >= 0.3 is 5.97 Å². The molecule has 3 rings (SSSR count). The first-order valence-electron chi connectivity index (χ1n) is 7.16. The van der Waals surface area contributed by atoms with Crippen molar-refractivity contribution in [1.29, 1.82) is 0 Å². The van der Waals surface area contributed by atoms with Crippen molar-refractivity contribution in [3.63, 3.8) is 0 Å². The van der Waals surface area contributed by atoms with Crippen molar-refractivity contribution in [3.05, 3.63) is 28.7 Å². The Hall–Kier alpha value is -1.69. The maximum absolute atomic E-state index is 12.4. The Balaban J connectivity index is 1.63. The molecule has 1 amide bonds. The van der Waals surface area contributed by atoms with Crippen molar-refractivity contribution < 1.29 is 14.7 Å². The molecule has 1 saturated carbocycles. The van der Waals surface area contributed by atoms with Crippen LogP contribution in [0.2, 0.25) is 0 Å². The summed E-state index contributed by atoms with van der Waals surface area (Å²) in [5.41, 5.74) is 0. The van der Waals surface area contributed by atoms with Gasteiger partial charge in [-0.3, -0.25) is 9.59 Å². The van der Waals surface area contributed by atoms with Crippen molar-refractivity contribution in [1.82, 2.24) is 10.3 Å². The van der Waals surface area contributed by atoms with Crippen LogP contribution in [0.4, 0.5) is 0 Å². The summed E-state index contributed by atoms with van der Waals surface area (Å²) in [5.74, 6) is -1.77. The molecule has 5 atom stereocenters. The lowest BCUT2D eigenvalue weighted by atomic mass is 9.82. The maximum Gasteiger partial charge on any atom is 0.307 e. The summed E-state index contributed by atoms with van der Waals surface area (Å²) in [4.78, 5) is 28.0. The molecule has 5 nitrogen and oxygen atoms in total. The van der Waals surface area contributed by atoms with Crippen LogP contribution in [-0.2, 0) is 9.59 Å². The average molecular weight is 306 g/mol. The number of carboxylic acids is 1. The van der Waals surface area contributed by atoms with Gasteiger partial charge in [0.15, 0.2) is 0 Å². The van der Waals surface area contributed by atoms with Gasteiger partial charge < -0.3 is 10.4 Å². The number of carbonyl (C=O) groups excluding carboxylic acids is 1. The number of carbonyl (C=O) groups is 2. The van der Waals surface area contributed by atoms with Crippen molar-refractivity contribution >= 4 is 23.2 Å². The van der Waals surface area contributed by atoms with Crippen molar-refractivity contribution in [3.8, 4) is 0 Å². The van der Waals surface area contributed by atoms with Crippen LogP contribution in [0, 0.1) is 23.7 Å². The van der Waals surface area contributed by atoms with Crippen LogP contribution < -0.4 is 5.32 Å². The predicted molar refractivity (Wildman–Crippen MR) is 78.9 cm³/mol.